The zero-order chi connectivity index (χ0) is 18.7. The van der Waals surface area contributed by atoms with Crippen LogP contribution in [0.15, 0.2) is 60.8 Å². The number of nitrogens with zero attached hydrogens (tertiary/aromatic N) is 2. The molecule has 0 aliphatic rings. The number of hydrogen-bond acceptors (Lipinski definition) is 2. The van der Waals surface area contributed by atoms with Gasteiger partial charge in [0.05, 0.1) is 17.4 Å². The summed E-state index contributed by atoms with van der Waals surface area (Å²) in [5.74, 6) is -0.819. The third-order valence-corrected chi connectivity index (χ3v) is 3.86. The van der Waals surface area contributed by atoms with Crippen LogP contribution in [0.25, 0.3) is 5.69 Å². The van der Waals surface area contributed by atoms with Crippen LogP contribution in [-0.2, 0) is 12.7 Å². The van der Waals surface area contributed by atoms with Crippen LogP contribution in [0.5, 0.6) is 0 Å². The van der Waals surface area contributed by atoms with E-state index in [0.29, 0.717) is 0 Å². The van der Waals surface area contributed by atoms with Crippen molar-refractivity contribution in [2.45, 2.75) is 19.6 Å². The zero-order valence-electron chi connectivity index (χ0n) is 13.9. The Bertz CT molecular complexity index is 900. The summed E-state index contributed by atoms with van der Waals surface area (Å²) >= 11 is 0. The van der Waals surface area contributed by atoms with Gasteiger partial charge in [-0.05, 0) is 24.6 Å². The summed E-state index contributed by atoms with van der Waals surface area (Å²) in [4.78, 5) is 12.3. The summed E-state index contributed by atoms with van der Waals surface area (Å²) in [5.41, 5.74) is 0.493. The van der Waals surface area contributed by atoms with E-state index in [2.05, 4.69) is 10.4 Å². The predicted molar refractivity (Wildman–Crippen MR) is 90.9 cm³/mol. The Hall–Kier alpha value is -3.09. The van der Waals surface area contributed by atoms with Gasteiger partial charge in [0.25, 0.3) is 5.91 Å². The Labute approximate surface area is 148 Å². The van der Waals surface area contributed by atoms with E-state index >= 15 is 0 Å². The van der Waals surface area contributed by atoms with Crippen molar-refractivity contribution >= 4 is 5.91 Å². The van der Waals surface area contributed by atoms with Crippen LogP contribution in [0, 0.1) is 6.92 Å². The van der Waals surface area contributed by atoms with Crippen LogP contribution >= 0.6 is 0 Å². The lowest BCUT2D eigenvalue weighted by atomic mass is 10.1. The van der Waals surface area contributed by atoms with Crippen LogP contribution < -0.4 is 5.32 Å². The highest BCUT2D eigenvalue weighted by Gasteiger charge is 2.40. The smallest absolute Gasteiger partial charge is 0.348 e. The topological polar surface area (TPSA) is 46.9 Å². The van der Waals surface area contributed by atoms with E-state index in [1.807, 2.05) is 31.2 Å². The number of halogens is 3. The van der Waals surface area contributed by atoms with Gasteiger partial charge in [0.2, 0.25) is 0 Å². The van der Waals surface area contributed by atoms with Crippen molar-refractivity contribution in [3.8, 4) is 5.69 Å². The van der Waals surface area contributed by atoms with Crippen molar-refractivity contribution in [2.75, 3.05) is 0 Å². The number of carbonyl (C=O) groups excluding carboxylic acids is 1. The highest BCUT2D eigenvalue weighted by atomic mass is 19.4. The lowest BCUT2D eigenvalue weighted by molar-refractivity contribution is -0.143. The van der Waals surface area contributed by atoms with E-state index in [1.165, 1.54) is 12.1 Å². The van der Waals surface area contributed by atoms with Gasteiger partial charge in [0.1, 0.15) is 0 Å². The fourth-order valence-corrected chi connectivity index (χ4v) is 2.54. The number of aryl methyl sites for hydroxylation is 1. The molecule has 0 spiro atoms. The molecule has 0 fully saturated rings. The first-order chi connectivity index (χ1) is 12.4. The largest absolute Gasteiger partial charge is 0.434 e. The second-order valence-electron chi connectivity index (χ2n) is 5.82. The molecule has 0 atom stereocenters. The maximum atomic E-state index is 13.6. The lowest BCUT2D eigenvalue weighted by Crippen LogP contribution is -2.26. The van der Waals surface area contributed by atoms with Crippen molar-refractivity contribution in [1.82, 2.24) is 15.1 Å². The van der Waals surface area contributed by atoms with E-state index in [0.717, 1.165) is 22.0 Å². The summed E-state index contributed by atoms with van der Waals surface area (Å²) in [5, 5.41) is 6.30. The SMILES string of the molecule is Cc1ccc(CNC(=O)c2cnn(-c3ccccc3)c2C(F)(F)F)cc1. The first-order valence-corrected chi connectivity index (χ1v) is 7.90. The standard InChI is InChI=1S/C19H16F3N3O/c1-13-7-9-14(10-8-13)11-23-18(26)16-12-24-25(17(16)19(20,21)22)15-5-3-2-4-6-15/h2-10,12H,11H2,1H3,(H,23,26). The molecule has 0 bridgehead atoms. The average Bonchev–Trinajstić information content (AvgIpc) is 3.07. The van der Waals surface area contributed by atoms with E-state index in [4.69, 9.17) is 0 Å². The van der Waals surface area contributed by atoms with Gasteiger partial charge >= 0.3 is 6.18 Å². The molecule has 4 nitrogen and oxygen atoms in total. The number of carbonyl (C=O) groups is 1. The molecule has 26 heavy (non-hydrogen) atoms. The van der Waals surface area contributed by atoms with Crippen molar-refractivity contribution in [3.05, 3.63) is 83.2 Å². The lowest BCUT2D eigenvalue weighted by Gasteiger charge is -2.13. The maximum absolute atomic E-state index is 13.6. The van der Waals surface area contributed by atoms with Gasteiger partial charge in [-0.1, -0.05) is 48.0 Å². The molecule has 0 aliphatic carbocycles. The summed E-state index contributed by atoms with van der Waals surface area (Å²) in [6.07, 6.45) is -3.77. The highest BCUT2D eigenvalue weighted by Crippen LogP contribution is 2.33. The van der Waals surface area contributed by atoms with Crippen molar-refractivity contribution in [3.63, 3.8) is 0 Å². The molecule has 2 aromatic carbocycles. The van der Waals surface area contributed by atoms with Gasteiger partial charge in [-0.3, -0.25) is 4.79 Å². The summed E-state index contributed by atoms with van der Waals surface area (Å²) < 4.78 is 41.4. The second kappa shape index (κ2) is 7.03. The number of aromatic nitrogens is 2. The molecule has 134 valence electrons. The Balaban J connectivity index is 1.88. The Morgan fingerprint density at radius 2 is 1.73 bits per heavy atom. The third kappa shape index (κ3) is 3.77. The predicted octanol–water partition coefficient (Wildman–Crippen LogP) is 4.13. The van der Waals surface area contributed by atoms with Gasteiger partial charge in [-0.15, -0.1) is 0 Å². The molecular formula is C19H16F3N3O. The first-order valence-electron chi connectivity index (χ1n) is 7.90. The maximum Gasteiger partial charge on any atom is 0.434 e. The van der Waals surface area contributed by atoms with E-state index < -0.39 is 23.3 Å². The van der Waals surface area contributed by atoms with Crippen molar-refractivity contribution in [1.29, 1.82) is 0 Å². The monoisotopic (exact) mass is 359 g/mol. The van der Waals surface area contributed by atoms with E-state index in [1.54, 1.807) is 18.2 Å². The fourth-order valence-electron chi connectivity index (χ4n) is 2.54. The molecule has 0 unspecified atom stereocenters. The quantitative estimate of drug-likeness (QED) is 0.761. The van der Waals surface area contributed by atoms with Crippen LogP contribution in [0.1, 0.15) is 27.2 Å². The number of rotatable bonds is 4. The minimum absolute atomic E-state index is 0.132. The fraction of sp³-hybridized carbons (Fsp3) is 0.158. The van der Waals surface area contributed by atoms with Gasteiger partial charge < -0.3 is 5.32 Å². The molecule has 0 saturated carbocycles. The number of benzene rings is 2. The molecule has 0 radical (unpaired) electrons. The van der Waals surface area contributed by atoms with Crippen LogP contribution in [0.3, 0.4) is 0 Å². The molecule has 1 N–H and O–H groups in total. The Kier molecular flexibility index (Phi) is 4.79. The molecule has 0 saturated heterocycles. The zero-order valence-corrected chi connectivity index (χ0v) is 13.9. The molecule has 0 aliphatic heterocycles. The van der Waals surface area contributed by atoms with Crippen molar-refractivity contribution < 1.29 is 18.0 Å². The summed E-state index contributed by atoms with van der Waals surface area (Å²) in [6, 6.07) is 15.3. The normalized spacial score (nSPS) is 11.4. The van der Waals surface area contributed by atoms with E-state index in [9.17, 15) is 18.0 Å². The van der Waals surface area contributed by atoms with Gasteiger partial charge in [-0.2, -0.15) is 18.3 Å². The van der Waals surface area contributed by atoms with Crippen molar-refractivity contribution in [2.24, 2.45) is 0 Å². The Morgan fingerprint density at radius 1 is 1.08 bits per heavy atom. The molecule has 1 heterocycles. The van der Waals surface area contributed by atoms with Gasteiger partial charge in [0.15, 0.2) is 5.69 Å². The average molecular weight is 359 g/mol. The number of amides is 1. The summed E-state index contributed by atoms with van der Waals surface area (Å²) in [6.45, 7) is 2.06. The minimum Gasteiger partial charge on any atom is -0.348 e. The van der Waals surface area contributed by atoms with Crippen LogP contribution in [-0.4, -0.2) is 15.7 Å². The minimum atomic E-state index is -4.72. The first kappa shape index (κ1) is 17.7. The van der Waals surface area contributed by atoms with E-state index in [-0.39, 0.29) is 12.2 Å². The molecule has 1 amide bonds. The number of para-hydroxylation sites is 1. The molecular weight excluding hydrogens is 343 g/mol. The third-order valence-electron chi connectivity index (χ3n) is 3.86. The van der Waals surface area contributed by atoms with Crippen LogP contribution in [0.2, 0.25) is 0 Å². The summed E-state index contributed by atoms with van der Waals surface area (Å²) in [7, 11) is 0. The van der Waals surface area contributed by atoms with Gasteiger partial charge in [0, 0.05) is 6.54 Å². The van der Waals surface area contributed by atoms with Gasteiger partial charge in [-0.25, -0.2) is 4.68 Å². The molecule has 1 aromatic heterocycles. The Morgan fingerprint density at radius 3 is 2.35 bits per heavy atom. The number of alkyl halides is 3. The van der Waals surface area contributed by atoms with Crippen LogP contribution in [0.4, 0.5) is 13.2 Å². The highest BCUT2D eigenvalue weighted by molar-refractivity contribution is 5.95. The molecule has 3 aromatic rings. The second-order valence-corrected chi connectivity index (χ2v) is 5.82. The molecule has 7 heteroatoms. The molecule has 3 rings (SSSR count). The number of hydrogen-bond donors (Lipinski definition) is 1. The number of nitrogens with one attached hydrogen (secondary N) is 1.